The fourth-order valence-electron chi connectivity index (χ4n) is 2.35. The Kier molecular flexibility index (Phi) is 4.49. The number of pyridine rings is 1. The van der Waals surface area contributed by atoms with Crippen LogP contribution >= 0.6 is 12.2 Å². The molecule has 1 amide bonds. The van der Waals surface area contributed by atoms with Gasteiger partial charge < -0.3 is 15.4 Å². The second kappa shape index (κ2) is 6.11. The molecule has 1 saturated carbocycles. The first kappa shape index (κ1) is 13.2. The van der Waals surface area contributed by atoms with Gasteiger partial charge in [0.25, 0.3) is 5.91 Å². The Balaban J connectivity index is 1.93. The lowest BCUT2D eigenvalue weighted by molar-refractivity contribution is 0.0913. The van der Waals surface area contributed by atoms with Crippen molar-refractivity contribution < 1.29 is 9.90 Å². The number of amides is 1. The number of carbonyl (C=O) groups is 1. The van der Waals surface area contributed by atoms with Crippen LogP contribution in [0.2, 0.25) is 0 Å². The van der Waals surface area contributed by atoms with Crippen molar-refractivity contribution in [3.8, 4) is 0 Å². The number of rotatable bonds is 3. The average molecular weight is 266 g/mol. The van der Waals surface area contributed by atoms with Crippen LogP contribution < -0.4 is 5.32 Å². The molecule has 4 nitrogen and oxygen atoms in total. The highest BCUT2D eigenvalue weighted by Gasteiger charge is 2.22. The summed E-state index contributed by atoms with van der Waals surface area (Å²) >= 11 is 5.08. The lowest BCUT2D eigenvalue weighted by Gasteiger charge is -2.27. The van der Waals surface area contributed by atoms with Crippen molar-refractivity contribution in [3.63, 3.8) is 0 Å². The van der Waals surface area contributed by atoms with Gasteiger partial charge >= 0.3 is 0 Å². The molecule has 1 aromatic heterocycles. The van der Waals surface area contributed by atoms with E-state index in [2.05, 4.69) is 10.3 Å². The van der Waals surface area contributed by atoms with Crippen molar-refractivity contribution in [2.24, 2.45) is 5.92 Å². The monoisotopic (exact) mass is 266 g/mol. The van der Waals surface area contributed by atoms with E-state index in [1.807, 2.05) is 0 Å². The predicted molar refractivity (Wildman–Crippen MR) is 71.9 cm³/mol. The standard InChI is InChI=1S/C13H18N2O2S/c16-8-9-3-5-10(6-4-9)15-12(17)11-2-1-7-14-13(11)18/h1-2,7,9-10,16H,3-6,8H2,(H,14,18)(H,15,17). The van der Waals surface area contributed by atoms with Crippen LogP contribution in [-0.2, 0) is 0 Å². The molecule has 0 radical (unpaired) electrons. The number of hydrogen-bond acceptors (Lipinski definition) is 3. The molecule has 1 aromatic rings. The maximum absolute atomic E-state index is 12.0. The van der Waals surface area contributed by atoms with Gasteiger partial charge in [0.05, 0.1) is 5.56 Å². The summed E-state index contributed by atoms with van der Waals surface area (Å²) in [6.45, 7) is 0.255. The zero-order chi connectivity index (χ0) is 13.0. The Morgan fingerprint density at radius 2 is 2.17 bits per heavy atom. The van der Waals surface area contributed by atoms with Crippen LogP contribution in [0.25, 0.3) is 0 Å². The summed E-state index contributed by atoms with van der Waals surface area (Å²) in [6.07, 6.45) is 5.53. The van der Waals surface area contributed by atoms with Gasteiger partial charge in [0.2, 0.25) is 0 Å². The second-order valence-electron chi connectivity index (χ2n) is 4.79. The molecular formula is C13H18N2O2S. The fraction of sp³-hybridized carbons (Fsp3) is 0.538. The molecule has 0 aromatic carbocycles. The van der Waals surface area contributed by atoms with Gasteiger partial charge in [-0.3, -0.25) is 4.79 Å². The Morgan fingerprint density at radius 1 is 1.44 bits per heavy atom. The third kappa shape index (κ3) is 3.17. The zero-order valence-electron chi connectivity index (χ0n) is 10.2. The molecule has 1 fully saturated rings. The van der Waals surface area contributed by atoms with Crippen molar-refractivity contribution in [1.29, 1.82) is 0 Å². The summed E-state index contributed by atoms with van der Waals surface area (Å²) in [7, 11) is 0. The van der Waals surface area contributed by atoms with Gasteiger partial charge in [-0.15, -0.1) is 0 Å². The maximum Gasteiger partial charge on any atom is 0.254 e. The first-order valence-corrected chi connectivity index (χ1v) is 6.71. The third-order valence-electron chi connectivity index (χ3n) is 3.50. The minimum absolute atomic E-state index is 0.107. The molecule has 0 aliphatic heterocycles. The molecule has 0 saturated heterocycles. The lowest BCUT2D eigenvalue weighted by atomic mass is 9.86. The van der Waals surface area contributed by atoms with E-state index in [0.717, 1.165) is 25.7 Å². The van der Waals surface area contributed by atoms with Gasteiger partial charge in [0.1, 0.15) is 4.64 Å². The molecule has 0 unspecified atom stereocenters. The third-order valence-corrected chi connectivity index (χ3v) is 3.84. The Morgan fingerprint density at radius 3 is 2.78 bits per heavy atom. The van der Waals surface area contributed by atoms with Gasteiger partial charge in [-0.05, 0) is 43.7 Å². The normalized spacial score (nSPS) is 23.6. The summed E-state index contributed by atoms with van der Waals surface area (Å²) in [5.41, 5.74) is 0.525. The van der Waals surface area contributed by atoms with E-state index >= 15 is 0 Å². The summed E-state index contributed by atoms with van der Waals surface area (Å²) in [5.74, 6) is 0.294. The summed E-state index contributed by atoms with van der Waals surface area (Å²) < 4.78 is 0.471. The van der Waals surface area contributed by atoms with Gasteiger partial charge in [-0.25, -0.2) is 0 Å². The Hall–Kier alpha value is -1.20. The minimum Gasteiger partial charge on any atom is -0.396 e. The highest BCUT2D eigenvalue weighted by Crippen LogP contribution is 2.23. The number of aliphatic hydroxyl groups excluding tert-OH is 1. The predicted octanol–water partition coefficient (Wildman–Crippen LogP) is 2.03. The van der Waals surface area contributed by atoms with E-state index in [4.69, 9.17) is 17.3 Å². The van der Waals surface area contributed by atoms with Crippen LogP contribution in [0.1, 0.15) is 36.0 Å². The first-order valence-electron chi connectivity index (χ1n) is 6.30. The lowest BCUT2D eigenvalue weighted by Crippen LogP contribution is -2.38. The van der Waals surface area contributed by atoms with Crippen LogP contribution in [-0.4, -0.2) is 28.6 Å². The molecule has 0 atom stereocenters. The number of carbonyl (C=O) groups excluding carboxylic acids is 1. The van der Waals surface area contributed by atoms with E-state index in [1.54, 1.807) is 18.3 Å². The van der Waals surface area contributed by atoms with Gasteiger partial charge in [-0.2, -0.15) is 0 Å². The summed E-state index contributed by atoms with van der Waals surface area (Å²) in [6, 6.07) is 3.70. The van der Waals surface area contributed by atoms with E-state index < -0.39 is 0 Å². The van der Waals surface area contributed by atoms with Gasteiger partial charge in [0, 0.05) is 18.8 Å². The van der Waals surface area contributed by atoms with E-state index in [1.165, 1.54) is 0 Å². The minimum atomic E-state index is -0.107. The molecule has 98 valence electrons. The van der Waals surface area contributed by atoms with Gasteiger partial charge in [-0.1, -0.05) is 12.2 Å². The highest BCUT2D eigenvalue weighted by atomic mass is 32.1. The van der Waals surface area contributed by atoms with Crippen molar-refractivity contribution in [1.82, 2.24) is 10.3 Å². The maximum atomic E-state index is 12.0. The van der Waals surface area contributed by atoms with Crippen LogP contribution in [0.15, 0.2) is 18.3 Å². The molecular weight excluding hydrogens is 248 g/mol. The van der Waals surface area contributed by atoms with E-state index in [9.17, 15) is 4.79 Å². The van der Waals surface area contributed by atoms with Crippen molar-refractivity contribution in [3.05, 3.63) is 28.5 Å². The SMILES string of the molecule is O=C(NC1CCC(CO)CC1)c1ccc[nH]c1=S. The number of hydrogen-bond donors (Lipinski definition) is 3. The molecule has 5 heteroatoms. The smallest absolute Gasteiger partial charge is 0.254 e. The molecule has 1 heterocycles. The Labute approximate surface area is 111 Å². The zero-order valence-corrected chi connectivity index (χ0v) is 11.0. The largest absolute Gasteiger partial charge is 0.396 e. The van der Waals surface area contributed by atoms with Gasteiger partial charge in [0.15, 0.2) is 0 Å². The number of aromatic nitrogens is 1. The van der Waals surface area contributed by atoms with Crippen molar-refractivity contribution in [2.45, 2.75) is 31.7 Å². The van der Waals surface area contributed by atoms with E-state index in [-0.39, 0.29) is 18.6 Å². The van der Waals surface area contributed by atoms with Crippen molar-refractivity contribution >= 4 is 18.1 Å². The molecule has 0 bridgehead atoms. The van der Waals surface area contributed by atoms with E-state index in [0.29, 0.717) is 16.1 Å². The Bertz CT molecular complexity index is 464. The number of aromatic amines is 1. The summed E-state index contributed by atoms with van der Waals surface area (Å²) in [4.78, 5) is 14.9. The van der Waals surface area contributed by atoms with Crippen LogP contribution in [0, 0.1) is 10.6 Å². The average Bonchev–Trinajstić information content (AvgIpc) is 2.40. The fourth-order valence-corrected chi connectivity index (χ4v) is 2.58. The van der Waals surface area contributed by atoms with Crippen LogP contribution in [0.3, 0.4) is 0 Å². The molecule has 1 aliphatic carbocycles. The topological polar surface area (TPSA) is 65.1 Å². The quantitative estimate of drug-likeness (QED) is 0.733. The van der Waals surface area contributed by atoms with Crippen molar-refractivity contribution in [2.75, 3.05) is 6.61 Å². The number of H-pyrrole nitrogens is 1. The molecule has 18 heavy (non-hydrogen) atoms. The number of aliphatic hydroxyl groups is 1. The highest BCUT2D eigenvalue weighted by molar-refractivity contribution is 7.71. The van der Waals surface area contributed by atoms with Crippen LogP contribution in [0.5, 0.6) is 0 Å². The number of nitrogens with one attached hydrogen (secondary N) is 2. The molecule has 3 N–H and O–H groups in total. The molecule has 0 spiro atoms. The van der Waals surface area contributed by atoms with Crippen LogP contribution in [0.4, 0.5) is 0 Å². The summed E-state index contributed by atoms with van der Waals surface area (Å²) in [5, 5.41) is 12.1. The molecule has 1 aliphatic rings. The second-order valence-corrected chi connectivity index (χ2v) is 5.19. The molecule has 2 rings (SSSR count). The first-order chi connectivity index (χ1) is 8.70.